The monoisotopic (exact) mass is 423 g/mol. The zero-order valence-electron chi connectivity index (χ0n) is 17.3. The predicted octanol–water partition coefficient (Wildman–Crippen LogP) is 1.56. The van der Waals surface area contributed by atoms with Crippen LogP contribution in [0, 0.1) is 0 Å². The van der Waals surface area contributed by atoms with E-state index in [4.69, 9.17) is 19.2 Å². The van der Waals surface area contributed by atoms with Crippen molar-refractivity contribution in [3.63, 3.8) is 0 Å². The summed E-state index contributed by atoms with van der Waals surface area (Å²) >= 11 is 0. The fourth-order valence-corrected chi connectivity index (χ4v) is 4.52. The zero-order valence-corrected chi connectivity index (χ0v) is 17.3. The molecular formula is C22H25N5O4. The Kier molecular flexibility index (Phi) is 4.65. The molecule has 1 amide bonds. The molecule has 9 nitrogen and oxygen atoms in total. The van der Waals surface area contributed by atoms with Gasteiger partial charge in [0.25, 0.3) is 0 Å². The van der Waals surface area contributed by atoms with E-state index in [9.17, 15) is 4.79 Å². The minimum absolute atomic E-state index is 0.0854. The first-order valence-electron chi connectivity index (χ1n) is 10.9. The normalized spacial score (nSPS) is 20.7. The Morgan fingerprint density at radius 2 is 2.00 bits per heavy atom. The van der Waals surface area contributed by atoms with Gasteiger partial charge in [0.05, 0.1) is 31.2 Å². The van der Waals surface area contributed by atoms with Crippen LogP contribution in [0.3, 0.4) is 0 Å². The van der Waals surface area contributed by atoms with Crippen molar-refractivity contribution in [3.8, 4) is 0 Å². The van der Waals surface area contributed by atoms with Gasteiger partial charge in [-0.25, -0.2) is 9.78 Å². The number of imidazole rings is 1. The fraction of sp³-hybridized carbons (Fsp3) is 0.500. The number of ether oxygens (including phenoxy) is 3. The number of fused-ring (bicyclic) bond motifs is 2. The Labute approximate surface area is 180 Å². The maximum absolute atomic E-state index is 12.3. The Morgan fingerprint density at radius 3 is 2.77 bits per heavy atom. The first kappa shape index (κ1) is 18.8. The van der Waals surface area contributed by atoms with Crippen LogP contribution >= 0.6 is 0 Å². The molecule has 2 fully saturated rings. The van der Waals surface area contributed by atoms with Gasteiger partial charge in [-0.05, 0) is 17.7 Å². The van der Waals surface area contributed by atoms with Crippen molar-refractivity contribution >= 4 is 23.4 Å². The van der Waals surface area contributed by atoms with Crippen molar-refractivity contribution in [2.24, 2.45) is 0 Å². The van der Waals surface area contributed by atoms with Gasteiger partial charge >= 0.3 is 6.09 Å². The van der Waals surface area contributed by atoms with Gasteiger partial charge in [0.15, 0.2) is 6.10 Å². The van der Waals surface area contributed by atoms with Crippen molar-refractivity contribution < 1.29 is 19.0 Å². The maximum atomic E-state index is 12.3. The van der Waals surface area contributed by atoms with E-state index in [1.54, 1.807) is 4.90 Å². The van der Waals surface area contributed by atoms with Crippen LogP contribution in [0.4, 0.5) is 10.5 Å². The molecular weight excluding hydrogens is 398 g/mol. The van der Waals surface area contributed by atoms with E-state index in [2.05, 4.69) is 32.8 Å². The van der Waals surface area contributed by atoms with Crippen molar-refractivity contribution in [2.75, 3.05) is 50.9 Å². The summed E-state index contributed by atoms with van der Waals surface area (Å²) < 4.78 is 18.2. The molecule has 0 aromatic carbocycles. The standard InChI is InChI=1S/C22H25N5O4/c28-22(31-16-12-30-13-16)26-5-3-25(4-6-26)20-1-2-23-18-10-15(9-17(18)20)19-11-27-7-8-29-14-21(27)24-19/h1-2,9,11,16H,3-8,10,12-14H2. The molecule has 5 heterocycles. The summed E-state index contributed by atoms with van der Waals surface area (Å²) in [4.78, 5) is 25.8. The molecule has 0 unspecified atom stereocenters. The molecule has 0 spiro atoms. The van der Waals surface area contributed by atoms with Gasteiger partial charge in [-0.3, -0.25) is 4.98 Å². The number of hydrogen-bond acceptors (Lipinski definition) is 7. The summed E-state index contributed by atoms with van der Waals surface area (Å²) in [5.41, 5.74) is 5.63. The summed E-state index contributed by atoms with van der Waals surface area (Å²) in [5, 5.41) is 0. The minimum Gasteiger partial charge on any atom is -0.441 e. The lowest BCUT2D eigenvalue weighted by Crippen LogP contribution is -2.51. The van der Waals surface area contributed by atoms with Crippen LogP contribution in [-0.4, -0.2) is 77.6 Å². The average Bonchev–Trinajstić information content (AvgIpc) is 3.40. The second kappa shape index (κ2) is 7.65. The number of carbonyl (C=O) groups is 1. The number of aromatic nitrogens is 3. The molecule has 162 valence electrons. The van der Waals surface area contributed by atoms with Gasteiger partial charge in [-0.2, -0.15) is 0 Å². The molecule has 6 rings (SSSR count). The molecule has 2 aromatic rings. The molecule has 1 aliphatic carbocycles. The van der Waals surface area contributed by atoms with Crippen LogP contribution in [0.5, 0.6) is 0 Å². The van der Waals surface area contributed by atoms with Crippen molar-refractivity contribution in [1.82, 2.24) is 19.4 Å². The van der Waals surface area contributed by atoms with E-state index in [-0.39, 0.29) is 12.2 Å². The number of allylic oxidation sites excluding steroid dienone is 1. The number of rotatable bonds is 3. The molecule has 0 atom stereocenters. The lowest BCUT2D eigenvalue weighted by Gasteiger charge is -2.37. The third kappa shape index (κ3) is 3.47. The molecule has 31 heavy (non-hydrogen) atoms. The van der Waals surface area contributed by atoms with E-state index in [1.807, 2.05) is 6.20 Å². The number of amides is 1. The Morgan fingerprint density at radius 1 is 1.13 bits per heavy atom. The third-order valence-corrected chi connectivity index (χ3v) is 6.38. The van der Waals surface area contributed by atoms with Crippen LogP contribution in [0.2, 0.25) is 0 Å². The highest BCUT2D eigenvalue weighted by atomic mass is 16.6. The summed E-state index contributed by atoms with van der Waals surface area (Å²) in [6.45, 7) is 6.02. The van der Waals surface area contributed by atoms with Crippen molar-refractivity contribution in [1.29, 1.82) is 0 Å². The van der Waals surface area contributed by atoms with Gasteiger partial charge in [0.1, 0.15) is 12.4 Å². The van der Waals surface area contributed by atoms with E-state index in [0.717, 1.165) is 49.9 Å². The van der Waals surface area contributed by atoms with Crippen LogP contribution in [-0.2, 0) is 33.8 Å². The smallest absolute Gasteiger partial charge is 0.410 e. The predicted molar refractivity (Wildman–Crippen MR) is 113 cm³/mol. The second-order valence-electron chi connectivity index (χ2n) is 8.34. The SMILES string of the molecule is O=C(OC1COC1)N1CCN(c2ccnc3c2C=C(c2cn4c(n2)COCC4)C3)CC1. The number of piperazine rings is 1. The van der Waals surface area contributed by atoms with E-state index >= 15 is 0 Å². The van der Waals surface area contributed by atoms with Crippen LogP contribution in [0.15, 0.2) is 18.5 Å². The Balaban J connectivity index is 1.17. The molecule has 2 aromatic heterocycles. The highest BCUT2D eigenvalue weighted by molar-refractivity contribution is 5.91. The number of anilines is 1. The average molecular weight is 423 g/mol. The highest BCUT2D eigenvalue weighted by Crippen LogP contribution is 2.36. The number of carbonyl (C=O) groups excluding carboxylic acids is 1. The number of nitrogens with zero attached hydrogens (tertiary/aromatic N) is 5. The van der Waals surface area contributed by atoms with Crippen LogP contribution in [0.1, 0.15) is 22.8 Å². The largest absolute Gasteiger partial charge is 0.441 e. The number of hydrogen-bond donors (Lipinski definition) is 0. The number of pyridine rings is 1. The van der Waals surface area contributed by atoms with E-state index in [0.29, 0.717) is 32.9 Å². The highest BCUT2D eigenvalue weighted by Gasteiger charge is 2.30. The topological polar surface area (TPSA) is 82.0 Å². The Hall–Kier alpha value is -2.91. The summed E-state index contributed by atoms with van der Waals surface area (Å²) in [6, 6.07) is 2.07. The van der Waals surface area contributed by atoms with E-state index in [1.165, 1.54) is 16.8 Å². The molecule has 3 aliphatic heterocycles. The molecule has 2 saturated heterocycles. The first-order chi connectivity index (χ1) is 15.2. The maximum Gasteiger partial charge on any atom is 0.410 e. The minimum atomic E-state index is -0.234. The third-order valence-electron chi connectivity index (χ3n) is 6.38. The first-order valence-corrected chi connectivity index (χ1v) is 10.9. The van der Waals surface area contributed by atoms with Crippen LogP contribution < -0.4 is 4.90 Å². The lowest BCUT2D eigenvalue weighted by atomic mass is 10.1. The molecule has 0 bridgehead atoms. The van der Waals surface area contributed by atoms with Crippen molar-refractivity contribution in [2.45, 2.75) is 25.7 Å². The van der Waals surface area contributed by atoms with Gasteiger partial charge in [-0.15, -0.1) is 0 Å². The molecule has 0 radical (unpaired) electrons. The van der Waals surface area contributed by atoms with Gasteiger partial charge in [0, 0.05) is 62.8 Å². The van der Waals surface area contributed by atoms with Crippen LogP contribution in [0.25, 0.3) is 11.6 Å². The van der Waals surface area contributed by atoms with Gasteiger partial charge < -0.3 is 28.6 Å². The van der Waals surface area contributed by atoms with Gasteiger partial charge in [-0.1, -0.05) is 0 Å². The zero-order chi connectivity index (χ0) is 20.8. The quantitative estimate of drug-likeness (QED) is 0.741. The van der Waals surface area contributed by atoms with Gasteiger partial charge in [0.2, 0.25) is 0 Å². The second-order valence-corrected chi connectivity index (χ2v) is 8.34. The van der Waals surface area contributed by atoms with E-state index < -0.39 is 0 Å². The molecule has 0 N–H and O–H groups in total. The molecule has 0 saturated carbocycles. The summed E-state index contributed by atoms with van der Waals surface area (Å²) in [6.07, 6.45) is 6.71. The molecule has 4 aliphatic rings. The Bertz CT molecular complexity index is 1010. The summed E-state index contributed by atoms with van der Waals surface area (Å²) in [7, 11) is 0. The molecule has 9 heteroatoms. The van der Waals surface area contributed by atoms with Crippen molar-refractivity contribution in [3.05, 3.63) is 41.2 Å². The fourth-order valence-electron chi connectivity index (χ4n) is 4.52. The lowest BCUT2D eigenvalue weighted by molar-refractivity contribution is -0.104. The summed E-state index contributed by atoms with van der Waals surface area (Å²) in [5.74, 6) is 0.989.